The van der Waals surface area contributed by atoms with E-state index in [1.165, 1.54) is 0 Å². The van der Waals surface area contributed by atoms with Crippen LogP contribution in [0.25, 0.3) is 11.1 Å². The molecule has 2 rings (SSSR count). The number of hydrogen-bond acceptors (Lipinski definition) is 4. The van der Waals surface area contributed by atoms with Gasteiger partial charge in [-0.05, 0) is 29.3 Å². The van der Waals surface area contributed by atoms with E-state index >= 15 is 0 Å². The monoisotopic (exact) mass is 216 g/mol. The average Bonchev–Trinajstić information content (AvgIpc) is 2.38. The van der Waals surface area contributed by atoms with Crippen molar-refractivity contribution in [3.63, 3.8) is 0 Å². The highest BCUT2D eigenvalue weighted by atomic mass is 16.5. The van der Waals surface area contributed by atoms with E-state index < -0.39 is 0 Å². The number of methoxy groups -OCH3 is 1. The van der Waals surface area contributed by atoms with Gasteiger partial charge in [-0.2, -0.15) is 0 Å². The van der Waals surface area contributed by atoms with Crippen LogP contribution in [0.5, 0.6) is 5.88 Å². The highest BCUT2D eigenvalue weighted by Crippen LogP contribution is 2.30. The van der Waals surface area contributed by atoms with E-state index in [1.54, 1.807) is 31.8 Å². The lowest BCUT2D eigenvalue weighted by Crippen LogP contribution is -1.96. The largest absolute Gasteiger partial charge is 0.481 e. The summed E-state index contributed by atoms with van der Waals surface area (Å²) in [5.41, 5.74) is 2.54. The van der Waals surface area contributed by atoms with Gasteiger partial charge in [0, 0.05) is 24.2 Å². The Bertz CT molecular complexity index is 449. The third-order valence-corrected chi connectivity index (χ3v) is 2.34. The maximum Gasteiger partial charge on any atom is 0.221 e. The standard InChI is InChI=1S/C12H12N2O2/c1-16-12-11(9-2-5-13-6-3-9)10(8-15)4-7-14-12/h2-7,15H,8H2,1H3. The number of nitrogens with zero attached hydrogens (tertiary/aromatic N) is 2. The molecule has 0 aliphatic rings. The van der Waals surface area contributed by atoms with E-state index in [4.69, 9.17) is 4.74 Å². The van der Waals surface area contributed by atoms with E-state index in [-0.39, 0.29) is 6.61 Å². The van der Waals surface area contributed by atoms with Gasteiger partial charge in [0.25, 0.3) is 0 Å². The Morgan fingerprint density at radius 1 is 1.19 bits per heavy atom. The summed E-state index contributed by atoms with van der Waals surface area (Å²) >= 11 is 0. The van der Waals surface area contributed by atoms with Crippen molar-refractivity contribution in [2.75, 3.05) is 7.11 Å². The fourth-order valence-corrected chi connectivity index (χ4v) is 1.59. The lowest BCUT2D eigenvalue weighted by molar-refractivity contribution is 0.281. The molecule has 4 nitrogen and oxygen atoms in total. The Hall–Kier alpha value is -1.94. The first kappa shape index (κ1) is 10.6. The van der Waals surface area contributed by atoms with Gasteiger partial charge in [-0.25, -0.2) is 4.98 Å². The Balaban J connectivity index is 2.62. The zero-order valence-corrected chi connectivity index (χ0v) is 8.92. The van der Waals surface area contributed by atoms with Crippen LogP contribution in [0.1, 0.15) is 5.56 Å². The molecule has 2 heterocycles. The predicted octanol–water partition coefficient (Wildman–Crippen LogP) is 1.64. The molecule has 0 spiro atoms. The van der Waals surface area contributed by atoms with Crippen LogP contribution in [0.4, 0.5) is 0 Å². The number of pyridine rings is 2. The first-order chi connectivity index (χ1) is 7.86. The molecule has 0 bridgehead atoms. The number of ether oxygens (including phenoxy) is 1. The summed E-state index contributed by atoms with van der Waals surface area (Å²) in [5.74, 6) is 0.512. The summed E-state index contributed by atoms with van der Waals surface area (Å²) in [6.45, 7) is -0.0451. The maximum absolute atomic E-state index is 9.30. The zero-order chi connectivity index (χ0) is 11.4. The molecule has 4 heteroatoms. The van der Waals surface area contributed by atoms with Crippen molar-refractivity contribution >= 4 is 0 Å². The van der Waals surface area contributed by atoms with Crippen LogP contribution in [-0.2, 0) is 6.61 Å². The molecule has 0 unspecified atom stereocenters. The molecule has 0 aromatic carbocycles. The van der Waals surface area contributed by atoms with Crippen LogP contribution in [0.2, 0.25) is 0 Å². The van der Waals surface area contributed by atoms with Crippen molar-refractivity contribution in [2.45, 2.75) is 6.61 Å². The molecule has 2 aromatic heterocycles. The lowest BCUT2D eigenvalue weighted by atomic mass is 10.0. The van der Waals surface area contributed by atoms with Crippen molar-refractivity contribution in [3.05, 3.63) is 42.4 Å². The van der Waals surface area contributed by atoms with E-state index in [2.05, 4.69) is 9.97 Å². The molecule has 0 atom stereocenters. The van der Waals surface area contributed by atoms with Crippen molar-refractivity contribution in [2.24, 2.45) is 0 Å². The van der Waals surface area contributed by atoms with Gasteiger partial charge in [-0.3, -0.25) is 4.98 Å². The second kappa shape index (κ2) is 4.72. The van der Waals surface area contributed by atoms with Crippen LogP contribution in [-0.4, -0.2) is 22.2 Å². The molecule has 16 heavy (non-hydrogen) atoms. The number of rotatable bonds is 3. The van der Waals surface area contributed by atoms with Gasteiger partial charge in [0.15, 0.2) is 0 Å². The normalized spacial score (nSPS) is 10.1. The van der Waals surface area contributed by atoms with Crippen molar-refractivity contribution in [1.29, 1.82) is 0 Å². The second-order valence-corrected chi connectivity index (χ2v) is 3.25. The SMILES string of the molecule is COc1nccc(CO)c1-c1ccncc1. The molecular weight excluding hydrogens is 204 g/mol. The number of aliphatic hydroxyl groups is 1. The van der Waals surface area contributed by atoms with E-state index in [1.807, 2.05) is 12.1 Å². The van der Waals surface area contributed by atoms with Crippen molar-refractivity contribution < 1.29 is 9.84 Å². The summed E-state index contributed by atoms with van der Waals surface area (Å²) < 4.78 is 5.20. The van der Waals surface area contributed by atoms with E-state index in [0.29, 0.717) is 5.88 Å². The third-order valence-electron chi connectivity index (χ3n) is 2.34. The smallest absolute Gasteiger partial charge is 0.221 e. The minimum absolute atomic E-state index is 0.0451. The Kier molecular flexibility index (Phi) is 3.12. The van der Waals surface area contributed by atoms with Gasteiger partial charge in [-0.1, -0.05) is 0 Å². The number of hydrogen-bond donors (Lipinski definition) is 1. The van der Waals surface area contributed by atoms with Gasteiger partial charge in [0.05, 0.1) is 13.7 Å². The highest BCUT2D eigenvalue weighted by molar-refractivity contribution is 5.71. The van der Waals surface area contributed by atoms with Gasteiger partial charge in [-0.15, -0.1) is 0 Å². The van der Waals surface area contributed by atoms with Gasteiger partial charge in [0.1, 0.15) is 0 Å². The third kappa shape index (κ3) is 1.87. The highest BCUT2D eigenvalue weighted by Gasteiger charge is 2.11. The molecule has 2 aromatic rings. The fraction of sp³-hybridized carbons (Fsp3) is 0.167. The molecule has 0 saturated carbocycles. The summed E-state index contributed by atoms with van der Waals surface area (Å²) in [5, 5.41) is 9.30. The van der Waals surface area contributed by atoms with Crippen LogP contribution in [0, 0.1) is 0 Å². The summed E-state index contributed by atoms with van der Waals surface area (Å²) in [6, 6.07) is 5.50. The minimum atomic E-state index is -0.0451. The summed E-state index contributed by atoms with van der Waals surface area (Å²) in [7, 11) is 1.56. The van der Waals surface area contributed by atoms with Crippen LogP contribution >= 0.6 is 0 Å². The predicted molar refractivity (Wildman–Crippen MR) is 59.9 cm³/mol. The molecule has 82 valence electrons. The molecule has 0 aliphatic carbocycles. The first-order valence-electron chi connectivity index (χ1n) is 4.90. The maximum atomic E-state index is 9.30. The zero-order valence-electron chi connectivity index (χ0n) is 8.92. The Morgan fingerprint density at radius 3 is 2.56 bits per heavy atom. The van der Waals surface area contributed by atoms with Crippen LogP contribution in [0.15, 0.2) is 36.8 Å². The van der Waals surface area contributed by atoms with Crippen molar-refractivity contribution in [3.8, 4) is 17.0 Å². The first-order valence-corrected chi connectivity index (χ1v) is 4.90. The quantitative estimate of drug-likeness (QED) is 0.847. The Labute approximate surface area is 93.6 Å². The number of aromatic nitrogens is 2. The molecule has 0 amide bonds. The fourth-order valence-electron chi connectivity index (χ4n) is 1.59. The van der Waals surface area contributed by atoms with Gasteiger partial charge < -0.3 is 9.84 Å². The lowest BCUT2D eigenvalue weighted by Gasteiger charge is -2.11. The second-order valence-electron chi connectivity index (χ2n) is 3.25. The van der Waals surface area contributed by atoms with Gasteiger partial charge >= 0.3 is 0 Å². The van der Waals surface area contributed by atoms with E-state index in [0.717, 1.165) is 16.7 Å². The average molecular weight is 216 g/mol. The molecular formula is C12H12N2O2. The summed E-state index contributed by atoms with van der Waals surface area (Å²) in [6.07, 6.45) is 5.01. The number of aliphatic hydroxyl groups excluding tert-OH is 1. The molecule has 0 saturated heterocycles. The van der Waals surface area contributed by atoms with Crippen molar-refractivity contribution in [1.82, 2.24) is 9.97 Å². The van der Waals surface area contributed by atoms with Gasteiger partial charge in [0.2, 0.25) is 5.88 Å². The Morgan fingerprint density at radius 2 is 1.94 bits per heavy atom. The molecule has 1 N–H and O–H groups in total. The molecule has 0 fully saturated rings. The van der Waals surface area contributed by atoms with Crippen LogP contribution < -0.4 is 4.74 Å². The van der Waals surface area contributed by atoms with E-state index in [9.17, 15) is 5.11 Å². The molecule has 0 radical (unpaired) electrons. The molecule has 0 aliphatic heterocycles. The topological polar surface area (TPSA) is 55.2 Å². The van der Waals surface area contributed by atoms with Crippen LogP contribution in [0.3, 0.4) is 0 Å². The summed E-state index contributed by atoms with van der Waals surface area (Å²) in [4.78, 5) is 8.09. The minimum Gasteiger partial charge on any atom is -0.481 e.